The Hall–Kier alpha value is -1.72. The predicted octanol–water partition coefficient (Wildman–Crippen LogP) is 3.10. The molecule has 0 saturated carbocycles. The van der Waals surface area contributed by atoms with E-state index in [0.717, 1.165) is 49.6 Å². The summed E-state index contributed by atoms with van der Waals surface area (Å²) in [6.45, 7) is 12.2. The van der Waals surface area contributed by atoms with Crippen LogP contribution < -0.4 is 5.32 Å². The van der Waals surface area contributed by atoms with Gasteiger partial charge in [-0.15, -0.1) is 0 Å². The van der Waals surface area contributed by atoms with E-state index in [2.05, 4.69) is 17.3 Å². The molecule has 6 nitrogen and oxygen atoms in total. The summed E-state index contributed by atoms with van der Waals surface area (Å²) in [7, 11) is 1.96. The quantitative estimate of drug-likeness (QED) is 0.929. The van der Waals surface area contributed by atoms with Crippen molar-refractivity contribution >= 4 is 11.8 Å². The third-order valence-electron chi connectivity index (χ3n) is 4.25. The van der Waals surface area contributed by atoms with E-state index >= 15 is 0 Å². The fraction of sp³-hybridized carbons (Fsp3) is 0.765. The fourth-order valence-corrected chi connectivity index (χ4v) is 3.00. The number of piperidine rings is 1. The minimum Gasteiger partial charge on any atom is -0.444 e. The summed E-state index contributed by atoms with van der Waals surface area (Å²) >= 11 is 0. The number of likely N-dealkylation sites (tertiary alicyclic amines) is 1. The molecule has 1 aromatic heterocycles. The van der Waals surface area contributed by atoms with Gasteiger partial charge in [-0.3, -0.25) is 4.68 Å². The van der Waals surface area contributed by atoms with Crippen LogP contribution >= 0.6 is 0 Å². The number of nitrogens with one attached hydrogen (secondary N) is 1. The Bertz CT molecular complexity index is 560. The van der Waals surface area contributed by atoms with Crippen LogP contribution in [-0.4, -0.2) is 46.0 Å². The number of carbonyl (C=O) groups is 1. The number of anilines is 1. The Morgan fingerprint density at radius 3 is 2.65 bits per heavy atom. The van der Waals surface area contributed by atoms with Crippen LogP contribution in [0.5, 0.6) is 0 Å². The highest BCUT2D eigenvalue weighted by molar-refractivity contribution is 5.68. The second-order valence-electron chi connectivity index (χ2n) is 7.48. The summed E-state index contributed by atoms with van der Waals surface area (Å²) in [6.07, 6.45) is 1.96. The van der Waals surface area contributed by atoms with Crippen molar-refractivity contribution < 1.29 is 9.53 Å². The first-order chi connectivity index (χ1) is 10.7. The number of nitrogens with zero attached hydrogens (tertiary/aromatic N) is 3. The first-order valence-electron chi connectivity index (χ1n) is 8.39. The van der Waals surface area contributed by atoms with E-state index in [1.165, 1.54) is 0 Å². The molecule has 0 radical (unpaired) electrons. The van der Waals surface area contributed by atoms with Crippen LogP contribution in [0.1, 0.15) is 45.0 Å². The number of rotatable bonds is 3. The minimum atomic E-state index is -0.438. The van der Waals surface area contributed by atoms with Crippen LogP contribution in [0.4, 0.5) is 10.5 Å². The number of hydrogen-bond donors (Lipinski definition) is 1. The number of hydrogen-bond acceptors (Lipinski definition) is 4. The SMILES string of the molecule is Cc1nn(C)c(C)c1NCC1CCCN(C(=O)OC(C)(C)C)C1. The van der Waals surface area contributed by atoms with Gasteiger partial charge in [0, 0.05) is 26.7 Å². The highest BCUT2D eigenvalue weighted by Crippen LogP contribution is 2.22. The summed E-state index contributed by atoms with van der Waals surface area (Å²) in [6, 6.07) is 0. The summed E-state index contributed by atoms with van der Waals surface area (Å²) in [5, 5.41) is 7.94. The van der Waals surface area contributed by atoms with Gasteiger partial charge in [0.25, 0.3) is 0 Å². The van der Waals surface area contributed by atoms with E-state index in [0.29, 0.717) is 5.92 Å². The minimum absolute atomic E-state index is 0.198. The molecule has 0 bridgehead atoms. The molecule has 130 valence electrons. The number of aryl methyl sites for hydroxylation is 2. The summed E-state index contributed by atoms with van der Waals surface area (Å²) in [5.74, 6) is 0.440. The lowest BCUT2D eigenvalue weighted by Gasteiger charge is -2.34. The molecule has 1 N–H and O–H groups in total. The molecule has 0 spiro atoms. The Morgan fingerprint density at radius 1 is 1.39 bits per heavy atom. The Morgan fingerprint density at radius 2 is 2.09 bits per heavy atom. The van der Waals surface area contributed by atoms with Crippen molar-refractivity contribution in [3.8, 4) is 0 Å². The van der Waals surface area contributed by atoms with Gasteiger partial charge >= 0.3 is 6.09 Å². The zero-order valence-corrected chi connectivity index (χ0v) is 15.3. The van der Waals surface area contributed by atoms with E-state index in [9.17, 15) is 4.79 Å². The van der Waals surface area contributed by atoms with Gasteiger partial charge in [-0.1, -0.05) is 0 Å². The van der Waals surface area contributed by atoms with Gasteiger partial charge in [-0.25, -0.2) is 4.79 Å². The lowest BCUT2D eigenvalue weighted by atomic mass is 9.98. The van der Waals surface area contributed by atoms with Gasteiger partial charge in [-0.2, -0.15) is 5.10 Å². The molecule has 1 aliphatic rings. The molecule has 2 rings (SSSR count). The van der Waals surface area contributed by atoms with E-state index in [1.54, 1.807) is 0 Å². The zero-order chi connectivity index (χ0) is 17.2. The van der Waals surface area contributed by atoms with E-state index in [4.69, 9.17) is 4.74 Å². The molecule has 1 unspecified atom stereocenters. The average molecular weight is 322 g/mol. The van der Waals surface area contributed by atoms with Crippen LogP contribution in [-0.2, 0) is 11.8 Å². The van der Waals surface area contributed by atoms with Crippen molar-refractivity contribution in [3.63, 3.8) is 0 Å². The van der Waals surface area contributed by atoms with Gasteiger partial charge in [0.15, 0.2) is 0 Å². The van der Waals surface area contributed by atoms with Crippen molar-refractivity contribution in [1.82, 2.24) is 14.7 Å². The van der Waals surface area contributed by atoms with Crippen molar-refractivity contribution in [2.75, 3.05) is 25.0 Å². The van der Waals surface area contributed by atoms with Crippen molar-refractivity contribution in [3.05, 3.63) is 11.4 Å². The summed E-state index contributed by atoms with van der Waals surface area (Å²) < 4.78 is 7.38. The number of carbonyl (C=O) groups excluding carboxylic acids is 1. The van der Waals surface area contributed by atoms with Crippen LogP contribution in [0.15, 0.2) is 0 Å². The standard InChI is InChI=1S/C17H30N4O2/c1-12-15(13(2)20(6)19-12)18-10-14-8-7-9-21(11-14)16(22)23-17(3,4)5/h14,18H,7-11H2,1-6H3. The molecule has 1 aromatic rings. The van der Waals surface area contributed by atoms with Crippen LogP contribution in [0.2, 0.25) is 0 Å². The lowest BCUT2D eigenvalue weighted by Crippen LogP contribution is -2.44. The fourth-order valence-electron chi connectivity index (χ4n) is 3.00. The molecular weight excluding hydrogens is 292 g/mol. The van der Waals surface area contributed by atoms with Crippen LogP contribution in [0.3, 0.4) is 0 Å². The molecule has 1 fully saturated rings. The molecule has 23 heavy (non-hydrogen) atoms. The number of amides is 1. The van der Waals surface area contributed by atoms with Crippen LogP contribution in [0.25, 0.3) is 0 Å². The Kier molecular flexibility index (Phi) is 5.22. The molecule has 0 aliphatic carbocycles. The Balaban J connectivity index is 1.90. The van der Waals surface area contributed by atoms with Gasteiger partial charge in [-0.05, 0) is 53.4 Å². The molecule has 6 heteroatoms. The molecule has 1 atom stereocenters. The highest BCUT2D eigenvalue weighted by Gasteiger charge is 2.27. The normalized spacial score (nSPS) is 18.9. The lowest BCUT2D eigenvalue weighted by molar-refractivity contribution is 0.0172. The second kappa shape index (κ2) is 6.81. The number of aromatic nitrogens is 2. The first kappa shape index (κ1) is 17.6. The smallest absolute Gasteiger partial charge is 0.410 e. The molecule has 1 amide bonds. The van der Waals surface area contributed by atoms with E-state index in [-0.39, 0.29) is 6.09 Å². The average Bonchev–Trinajstić information content (AvgIpc) is 2.69. The van der Waals surface area contributed by atoms with E-state index in [1.807, 2.05) is 44.3 Å². The van der Waals surface area contributed by atoms with E-state index < -0.39 is 5.60 Å². The largest absolute Gasteiger partial charge is 0.444 e. The van der Waals surface area contributed by atoms with Crippen LogP contribution in [0, 0.1) is 19.8 Å². The monoisotopic (exact) mass is 322 g/mol. The maximum absolute atomic E-state index is 12.2. The molecule has 2 heterocycles. The molecule has 1 aliphatic heterocycles. The highest BCUT2D eigenvalue weighted by atomic mass is 16.6. The molecule has 0 aromatic carbocycles. The first-order valence-corrected chi connectivity index (χ1v) is 8.39. The van der Waals surface area contributed by atoms with Crippen molar-refractivity contribution in [2.24, 2.45) is 13.0 Å². The maximum atomic E-state index is 12.2. The summed E-state index contributed by atoms with van der Waals surface area (Å²) in [5.41, 5.74) is 2.83. The third kappa shape index (κ3) is 4.62. The van der Waals surface area contributed by atoms with Gasteiger partial charge in [0.2, 0.25) is 0 Å². The summed E-state index contributed by atoms with van der Waals surface area (Å²) in [4.78, 5) is 14.1. The molecular formula is C17H30N4O2. The van der Waals surface area contributed by atoms with Gasteiger partial charge in [0.05, 0.1) is 17.1 Å². The maximum Gasteiger partial charge on any atom is 0.410 e. The second-order valence-corrected chi connectivity index (χ2v) is 7.48. The van der Waals surface area contributed by atoms with Crippen molar-refractivity contribution in [2.45, 2.75) is 53.1 Å². The molecule has 1 saturated heterocycles. The number of ether oxygens (including phenoxy) is 1. The topological polar surface area (TPSA) is 59.4 Å². The van der Waals surface area contributed by atoms with Gasteiger partial charge < -0.3 is 15.0 Å². The van der Waals surface area contributed by atoms with Crippen molar-refractivity contribution in [1.29, 1.82) is 0 Å². The Labute approximate surface area is 139 Å². The van der Waals surface area contributed by atoms with Gasteiger partial charge in [0.1, 0.15) is 5.60 Å². The third-order valence-corrected chi connectivity index (χ3v) is 4.25. The predicted molar refractivity (Wildman–Crippen MR) is 91.7 cm³/mol. The zero-order valence-electron chi connectivity index (χ0n) is 15.3.